The molecule has 1 atom stereocenters. The summed E-state index contributed by atoms with van der Waals surface area (Å²) >= 11 is 0. The van der Waals surface area contributed by atoms with Crippen LogP contribution in [0, 0.1) is 11.3 Å². The van der Waals surface area contributed by atoms with Crippen molar-refractivity contribution in [1.29, 1.82) is 5.26 Å². The Morgan fingerprint density at radius 3 is 2.59 bits per heavy atom. The number of nitrogens with zero attached hydrogens (tertiary/aromatic N) is 2. The van der Waals surface area contributed by atoms with E-state index < -0.39 is 0 Å². The van der Waals surface area contributed by atoms with E-state index in [1.54, 1.807) is 24.3 Å². The first-order valence-electron chi connectivity index (χ1n) is 9.12. The second kappa shape index (κ2) is 8.53. The summed E-state index contributed by atoms with van der Waals surface area (Å²) < 4.78 is 0. The molecule has 3 aliphatic rings. The summed E-state index contributed by atoms with van der Waals surface area (Å²) in [4.78, 5) is 14.9. The van der Waals surface area contributed by atoms with Crippen LogP contribution in [0.4, 0.5) is 5.69 Å². The molecule has 0 aromatic heterocycles. The van der Waals surface area contributed by atoms with Crippen molar-refractivity contribution in [2.75, 3.05) is 25.0 Å². The highest BCUT2D eigenvalue weighted by atomic mass is 35.5. The van der Waals surface area contributed by atoms with E-state index in [2.05, 4.69) is 33.7 Å². The van der Waals surface area contributed by atoms with Crippen LogP contribution >= 0.6 is 12.4 Å². The van der Waals surface area contributed by atoms with Crippen LogP contribution in [0.5, 0.6) is 0 Å². The van der Waals surface area contributed by atoms with Gasteiger partial charge in [0.1, 0.15) is 0 Å². The van der Waals surface area contributed by atoms with Gasteiger partial charge < -0.3 is 10.6 Å². The van der Waals surface area contributed by atoms with Gasteiger partial charge in [0.2, 0.25) is 0 Å². The van der Waals surface area contributed by atoms with E-state index in [-0.39, 0.29) is 18.3 Å². The molecule has 2 aromatic rings. The van der Waals surface area contributed by atoms with Crippen molar-refractivity contribution < 1.29 is 4.79 Å². The van der Waals surface area contributed by atoms with Crippen LogP contribution in [0.15, 0.2) is 48.5 Å². The van der Waals surface area contributed by atoms with Crippen LogP contribution in [0.25, 0.3) is 0 Å². The Morgan fingerprint density at radius 1 is 1.15 bits per heavy atom. The van der Waals surface area contributed by atoms with Gasteiger partial charge in [-0.25, -0.2) is 0 Å². The highest BCUT2D eigenvalue weighted by Gasteiger charge is 2.30. The van der Waals surface area contributed by atoms with Crippen molar-refractivity contribution in [1.82, 2.24) is 10.2 Å². The molecule has 3 saturated heterocycles. The lowest BCUT2D eigenvalue weighted by molar-refractivity contribution is 0.102. The van der Waals surface area contributed by atoms with Gasteiger partial charge in [-0.05, 0) is 48.7 Å². The van der Waals surface area contributed by atoms with Crippen LogP contribution in [0.2, 0.25) is 0 Å². The lowest BCUT2D eigenvalue weighted by Gasteiger charge is -2.31. The molecule has 0 aliphatic carbocycles. The highest BCUT2D eigenvalue weighted by molar-refractivity contribution is 6.04. The van der Waals surface area contributed by atoms with Crippen LogP contribution < -0.4 is 10.6 Å². The smallest absolute Gasteiger partial charge is 0.255 e. The van der Waals surface area contributed by atoms with Gasteiger partial charge in [-0.3, -0.25) is 9.69 Å². The molecule has 5 rings (SSSR count). The standard InChI is InChI=1S/C21H22N4O.ClH/c22-13-15-2-1-3-17(12-15)21(26)24-19-6-4-16(5-7-19)20-14-23-18-8-10-25(20)11-9-18;/h1-7,12,18,20,23H,8-11,14H2,(H,24,26);1H. The third-order valence-electron chi connectivity index (χ3n) is 5.38. The summed E-state index contributed by atoms with van der Waals surface area (Å²) in [5.74, 6) is -0.201. The number of fused-ring (bicyclic) bond motifs is 4. The van der Waals surface area contributed by atoms with Crippen molar-refractivity contribution >= 4 is 24.0 Å². The van der Waals surface area contributed by atoms with Crippen LogP contribution in [-0.2, 0) is 0 Å². The number of nitriles is 1. The van der Waals surface area contributed by atoms with Gasteiger partial charge in [-0.15, -0.1) is 12.4 Å². The first-order chi connectivity index (χ1) is 12.7. The summed E-state index contributed by atoms with van der Waals surface area (Å²) in [7, 11) is 0. The van der Waals surface area contributed by atoms with Gasteiger partial charge in [0.25, 0.3) is 5.91 Å². The summed E-state index contributed by atoms with van der Waals surface area (Å²) in [6.07, 6.45) is 2.46. The normalized spacial score (nSPS) is 23.6. The van der Waals surface area contributed by atoms with Crippen molar-refractivity contribution in [3.05, 3.63) is 65.2 Å². The molecule has 3 aliphatic heterocycles. The number of hydrogen-bond donors (Lipinski definition) is 2. The minimum absolute atomic E-state index is 0. The van der Waals surface area contributed by atoms with Crippen LogP contribution in [-0.4, -0.2) is 36.5 Å². The maximum atomic E-state index is 12.4. The number of halogens is 1. The molecule has 3 fully saturated rings. The number of hydrogen-bond acceptors (Lipinski definition) is 4. The summed E-state index contributed by atoms with van der Waals surface area (Å²) in [5, 5.41) is 15.5. The van der Waals surface area contributed by atoms with E-state index in [0.717, 1.165) is 25.3 Å². The Bertz CT molecular complexity index is 838. The molecule has 0 saturated carbocycles. The molecular formula is C21H23ClN4O. The monoisotopic (exact) mass is 382 g/mol. The fourth-order valence-electron chi connectivity index (χ4n) is 3.87. The summed E-state index contributed by atoms with van der Waals surface area (Å²) in [5.41, 5.74) is 3.02. The van der Waals surface area contributed by atoms with E-state index in [4.69, 9.17) is 5.26 Å². The Morgan fingerprint density at radius 2 is 1.89 bits per heavy atom. The Balaban J connectivity index is 0.00000210. The van der Waals surface area contributed by atoms with E-state index >= 15 is 0 Å². The molecule has 1 amide bonds. The van der Waals surface area contributed by atoms with Crippen molar-refractivity contribution in [3.8, 4) is 6.07 Å². The molecule has 5 nitrogen and oxygen atoms in total. The van der Waals surface area contributed by atoms with E-state index in [9.17, 15) is 4.79 Å². The van der Waals surface area contributed by atoms with E-state index in [0.29, 0.717) is 23.2 Å². The van der Waals surface area contributed by atoms with Gasteiger partial charge in [0.05, 0.1) is 11.6 Å². The quantitative estimate of drug-likeness (QED) is 0.854. The number of carbonyl (C=O) groups is 1. The highest BCUT2D eigenvalue weighted by Crippen LogP contribution is 2.28. The molecule has 6 heteroatoms. The molecular weight excluding hydrogens is 360 g/mol. The fraction of sp³-hybridized carbons (Fsp3) is 0.333. The molecule has 140 valence electrons. The number of amides is 1. The first kappa shape index (κ1) is 19.4. The summed E-state index contributed by atoms with van der Waals surface area (Å²) in [6, 6.07) is 18.0. The molecule has 1 unspecified atom stereocenters. The molecule has 0 spiro atoms. The van der Waals surface area contributed by atoms with Gasteiger partial charge in [0, 0.05) is 43.0 Å². The number of piperidine rings is 1. The minimum Gasteiger partial charge on any atom is -0.322 e. The SMILES string of the molecule is Cl.N#Cc1cccc(C(=O)Nc2ccc(C3CNC4CCN3CC4)cc2)c1. The summed E-state index contributed by atoms with van der Waals surface area (Å²) in [6.45, 7) is 3.28. The molecule has 0 radical (unpaired) electrons. The van der Waals surface area contributed by atoms with Gasteiger partial charge in [0.15, 0.2) is 0 Å². The molecule has 3 heterocycles. The number of rotatable bonds is 3. The topological polar surface area (TPSA) is 68.2 Å². The maximum Gasteiger partial charge on any atom is 0.255 e. The molecule has 2 aromatic carbocycles. The number of anilines is 1. The zero-order chi connectivity index (χ0) is 17.9. The predicted octanol–water partition coefficient (Wildman–Crippen LogP) is 3.34. The predicted molar refractivity (Wildman–Crippen MR) is 108 cm³/mol. The minimum atomic E-state index is -0.201. The zero-order valence-corrected chi connectivity index (χ0v) is 15.8. The van der Waals surface area contributed by atoms with Crippen molar-refractivity contribution in [2.24, 2.45) is 0 Å². The zero-order valence-electron chi connectivity index (χ0n) is 15.0. The Kier molecular flexibility index (Phi) is 6.12. The fourth-order valence-corrected chi connectivity index (χ4v) is 3.87. The number of carbonyl (C=O) groups excluding carboxylic acids is 1. The lowest BCUT2D eigenvalue weighted by Crippen LogP contribution is -2.35. The molecule has 27 heavy (non-hydrogen) atoms. The number of benzene rings is 2. The third kappa shape index (κ3) is 4.30. The van der Waals surface area contributed by atoms with Gasteiger partial charge in [-0.2, -0.15) is 5.26 Å². The third-order valence-corrected chi connectivity index (χ3v) is 5.38. The maximum absolute atomic E-state index is 12.4. The van der Waals surface area contributed by atoms with Gasteiger partial charge >= 0.3 is 0 Å². The Hall–Kier alpha value is -2.39. The Labute approximate surface area is 165 Å². The average Bonchev–Trinajstić information content (AvgIpc) is 3.02. The second-order valence-electron chi connectivity index (χ2n) is 7.00. The molecule has 2 bridgehead atoms. The molecule has 2 N–H and O–H groups in total. The lowest BCUT2D eigenvalue weighted by atomic mass is 10.0. The van der Waals surface area contributed by atoms with Crippen molar-refractivity contribution in [3.63, 3.8) is 0 Å². The van der Waals surface area contributed by atoms with E-state index in [1.807, 2.05) is 12.1 Å². The van der Waals surface area contributed by atoms with Crippen molar-refractivity contribution in [2.45, 2.75) is 24.9 Å². The van der Waals surface area contributed by atoms with E-state index in [1.165, 1.54) is 18.4 Å². The van der Waals surface area contributed by atoms with Crippen LogP contribution in [0.3, 0.4) is 0 Å². The first-order valence-corrected chi connectivity index (χ1v) is 9.12. The number of nitrogens with one attached hydrogen (secondary N) is 2. The largest absolute Gasteiger partial charge is 0.322 e. The second-order valence-corrected chi connectivity index (χ2v) is 7.00. The average molecular weight is 383 g/mol. The van der Waals surface area contributed by atoms with Gasteiger partial charge in [-0.1, -0.05) is 18.2 Å². The van der Waals surface area contributed by atoms with Crippen LogP contribution in [0.1, 0.15) is 40.4 Å².